The van der Waals surface area contributed by atoms with Gasteiger partial charge < -0.3 is 0 Å². The molecule has 0 aromatic heterocycles. The number of fused-ring (bicyclic) bond motifs is 1. The van der Waals surface area contributed by atoms with Gasteiger partial charge in [-0.05, 0) is 24.3 Å². The van der Waals surface area contributed by atoms with Crippen molar-refractivity contribution < 1.29 is 0 Å². The molecule has 0 saturated heterocycles. The molecule has 12 heavy (non-hydrogen) atoms. The summed E-state index contributed by atoms with van der Waals surface area (Å²) in [7, 11) is 0. The van der Waals surface area contributed by atoms with Crippen LogP contribution in [0.3, 0.4) is 0 Å². The van der Waals surface area contributed by atoms with E-state index in [0.29, 0.717) is 5.56 Å². The molecule has 0 saturated carbocycles. The van der Waals surface area contributed by atoms with Gasteiger partial charge in [-0.2, -0.15) is 5.26 Å². The van der Waals surface area contributed by atoms with Gasteiger partial charge in [-0.1, -0.05) is 6.07 Å². The first kappa shape index (κ1) is 6.70. The van der Waals surface area contributed by atoms with Crippen LogP contribution in [-0.2, 0) is 0 Å². The lowest BCUT2D eigenvalue weighted by atomic mass is 10.1. The Morgan fingerprint density at radius 2 is 2.00 bits per heavy atom. The van der Waals surface area contributed by atoms with Gasteiger partial charge in [0.2, 0.25) is 0 Å². The van der Waals surface area contributed by atoms with Crippen molar-refractivity contribution in [3.63, 3.8) is 0 Å². The number of hydrogen-bond donors (Lipinski definition) is 0. The summed E-state index contributed by atoms with van der Waals surface area (Å²) in [4.78, 5) is 0. The highest BCUT2D eigenvalue weighted by Crippen LogP contribution is 1.85. The first-order chi connectivity index (χ1) is 5.92. The molecule has 0 heterocycles. The Hall–Kier alpha value is -1.99. The minimum atomic E-state index is 0.657. The van der Waals surface area contributed by atoms with E-state index < -0.39 is 0 Å². The van der Waals surface area contributed by atoms with Crippen molar-refractivity contribution in [2.75, 3.05) is 0 Å². The number of hydrogen-bond acceptors (Lipinski definition) is 1. The molecule has 0 fully saturated rings. The highest BCUT2D eigenvalue weighted by molar-refractivity contribution is 5.45. The van der Waals surface area contributed by atoms with Crippen molar-refractivity contribution in [2.24, 2.45) is 0 Å². The van der Waals surface area contributed by atoms with Gasteiger partial charge in [0.05, 0.1) is 5.56 Å². The monoisotopic (exact) mass is 151 g/mol. The number of benzene rings is 1. The van der Waals surface area contributed by atoms with Gasteiger partial charge in [-0.25, -0.2) is 0 Å². The van der Waals surface area contributed by atoms with Crippen LogP contribution in [0.25, 0.3) is 11.5 Å². The SMILES string of the molecule is N#Cc1cccc2c1=C=CC=C=2. The summed E-state index contributed by atoms with van der Waals surface area (Å²) < 4.78 is 0. The molecule has 1 aromatic rings. The lowest BCUT2D eigenvalue weighted by molar-refractivity contribution is 1.42. The average molecular weight is 151 g/mol. The number of nitriles is 1. The Labute approximate surface area is 69.9 Å². The molecule has 0 unspecified atom stereocenters. The Kier molecular flexibility index (Phi) is 1.43. The number of rotatable bonds is 0. The maximum Gasteiger partial charge on any atom is 0.100 e. The largest absolute Gasteiger partial charge is 0.192 e. The van der Waals surface area contributed by atoms with Crippen LogP contribution in [0.5, 0.6) is 0 Å². The van der Waals surface area contributed by atoms with Crippen molar-refractivity contribution in [3.05, 3.63) is 46.4 Å². The van der Waals surface area contributed by atoms with Crippen molar-refractivity contribution in [3.8, 4) is 6.07 Å². The van der Waals surface area contributed by atoms with E-state index in [2.05, 4.69) is 17.5 Å². The zero-order valence-electron chi connectivity index (χ0n) is 6.33. The molecule has 1 aromatic carbocycles. The van der Waals surface area contributed by atoms with Crippen molar-refractivity contribution in [2.45, 2.75) is 0 Å². The molecule has 0 radical (unpaired) electrons. The van der Waals surface area contributed by atoms with Gasteiger partial charge in [0.25, 0.3) is 0 Å². The van der Waals surface area contributed by atoms with E-state index in [1.807, 2.05) is 12.1 Å². The normalized spacial score (nSPS) is 10.9. The highest BCUT2D eigenvalue weighted by Gasteiger charge is 1.93. The van der Waals surface area contributed by atoms with Gasteiger partial charge >= 0.3 is 0 Å². The van der Waals surface area contributed by atoms with Gasteiger partial charge in [0.15, 0.2) is 0 Å². The number of nitrogens with zero attached hydrogens (tertiary/aromatic N) is 1. The van der Waals surface area contributed by atoms with Crippen LogP contribution >= 0.6 is 0 Å². The molecule has 0 amide bonds. The standard InChI is InChI=1S/C11H5N/c12-8-10-6-3-5-9-4-1-2-7-11(9)10/h1-3,5-6H. The molecular weight excluding hydrogens is 146 g/mol. The van der Waals surface area contributed by atoms with Crippen LogP contribution in [0.2, 0.25) is 0 Å². The summed E-state index contributed by atoms with van der Waals surface area (Å²) >= 11 is 0. The van der Waals surface area contributed by atoms with Crippen molar-refractivity contribution in [1.29, 1.82) is 5.26 Å². The maximum atomic E-state index is 8.75. The van der Waals surface area contributed by atoms with E-state index in [1.54, 1.807) is 18.2 Å². The Morgan fingerprint density at radius 3 is 2.83 bits per heavy atom. The summed E-state index contributed by atoms with van der Waals surface area (Å²) in [5, 5.41) is 10.5. The molecule has 0 spiro atoms. The maximum absolute atomic E-state index is 8.75. The molecule has 1 aliphatic carbocycles. The lowest BCUT2D eigenvalue weighted by Gasteiger charge is -1.89. The second kappa shape index (κ2) is 2.57. The molecular formula is C11H5N. The third-order valence-electron chi connectivity index (χ3n) is 1.73. The minimum absolute atomic E-state index is 0.657. The van der Waals surface area contributed by atoms with E-state index in [0.717, 1.165) is 10.4 Å². The molecule has 2 rings (SSSR count). The number of allylic oxidation sites excluding steroid dienone is 2. The third kappa shape index (κ3) is 0.892. The molecule has 0 N–H and O–H groups in total. The van der Waals surface area contributed by atoms with E-state index in [9.17, 15) is 0 Å². The summed E-state index contributed by atoms with van der Waals surface area (Å²) in [5.41, 5.74) is 6.72. The summed E-state index contributed by atoms with van der Waals surface area (Å²) in [6, 6.07) is 7.68. The molecule has 0 aliphatic heterocycles. The average Bonchev–Trinajstić information content (AvgIpc) is 2.17. The summed E-state index contributed by atoms with van der Waals surface area (Å²) in [6.45, 7) is 0. The Morgan fingerprint density at radius 1 is 1.17 bits per heavy atom. The molecule has 0 bridgehead atoms. The Balaban J connectivity index is 3.11. The fraction of sp³-hybridized carbons (Fsp3) is 0. The molecule has 1 nitrogen and oxygen atoms in total. The van der Waals surface area contributed by atoms with Crippen LogP contribution in [0.4, 0.5) is 0 Å². The van der Waals surface area contributed by atoms with Gasteiger partial charge in [0, 0.05) is 10.4 Å². The lowest BCUT2D eigenvalue weighted by Crippen LogP contribution is -2.25. The summed E-state index contributed by atoms with van der Waals surface area (Å²) in [6.07, 6.45) is 3.56. The van der Waals surface area contributed by atoms with Crippen LogP contribution in [0.1, 0.15) is 5.56 Å². The van der Waals surface area contributed by atoms with E-state index in [-0.39, 0.29) is 0 Å². The first-order valence-corrected chi connectivity index (χ1v) is 3.63. The molecule has 1 heteroatoms. The second-order valence-corrected chi connectivity index (χ2v) is 2.46. The Bertz CT molecular complexity index is 546. The van der Waals surface area contributed by atoms with Gasteiger partial charge in [0.1, 0.15) is 6.07 Å². The van der Waals surface area contributed by atoms with Crippen LogP contribution in [-0.4, -0.2) is 0 Å². The van der Waals surface area contributed by atoms with E-state index >= 15 is 0 Å². The zero-order chi connectivity index (χ0) is 8.39. The molecule has 54 valence electrons. The topological polar surface area (TPSA) is 23.8 Å². The fourth-order valence-electron chi connectivity index (χ4n) is 1.18. The van der Waals surface area contributed by atoms with Crippen LogP contribution in [0.15, 0.2) is 30.4 Å². The minimum Gasteiger partial charge on any atom is -0.192 e. The fourth-order valence-corrected chi connectivity index (χ4v) is 1.18. The highest BCUT2D eigenvalue weighted by atomic mass is 14.2. The zero-order valence-corrected chi connectivity index (χ0v) is 6.33. The van der Waals surface area contributed by atoms with Crippen LogP contribution < -0.4 is 10.4 Å². The van der Waals surface area contributed by atoms with Crippen molar-refractivity contribution >= 4 is 11.5 Å². The summed E-state index contributed by atoms with van der Waals surface area (Å²) in [5.74, 6) is 0. The second-order valence-electron chi connectivity index (χ2n) is 2.46. The van der Waals surface area contributed by atoms with Crippen molar-refractivity contribution in [1.82, 2.24) is 0 Å². The first-order valence-electron chi connectivity index (χ1n) is 3.63. The van der Waals surface area contributed by atoms with Gasteiger partial charge in [-0.3, -0.25) is 0 Å². The predicted molar refractivity (Wildman–Crippen MR) is 46.4 cm³/mol. The van der Waals surface area contributed by atoms with E-state index in [1.165, 1.54) is 0 Å². The third-order valence-corrected chi connectivity index (χ3v) is 1.73. The van der Waals surface area contributed by atoms with Gasteiger partial charge in [-0.15, -0.1) is 11.5 Å². The smallest absolute Gasteiger partial charge is 0.100 e. The molecule has 0 atom stereocenters. The molecule has 1 aliphatic rings. The van der Waals surface area contributed by atoms with Crippen LogP contribution in [0, 0.1) is 11.3 Å². The van der Waals surface area contributed by atoms with E-state index in [4.69, 9.17) is 5.26 Å². The predicted octanol–water partition coefficient (Wildman–Crippen LogP) is 0.443. The quantitative estimate of drug-likeness (QED) is 0.528.